The van der Waals surface area contributed by atoms with Crippen molar-refractivity contribution in [3.8, 4) is 0 Å². The molecule has 4 N–H and O–H groups in total. The second-order valence-electron chi connectivity index (χ2n) is 6.66. The summed E-state index contributed by atoms with van der Waals surface area (Å²) in [6, 6.07) is 12.5. The number of rotatable bonds is 12. The Kier molecular flexibility index (Phi) is 13.1. The average Bonchev–Trinajstić information content (AvgIpc) is 2.79. The van der Waals surface area contributed by atoms with Gasteiger partial charge in [0.1, 0.15) is 25.5 Å². The van der Waals surface area contributed by atoms with Gasteiger partial charge in [0.15, 0.2) is 0 Å². The first kappa shape index (κ1) is 31.7. The molecule has 0 bridgehead atoms. The summed E-state index contributed by atoms with van der Waals surface area (Å²) < 4.78 is 65.7. The van der Waals surface area contributed by atoms with Crippen LogP contribution in [0, 0.1) is 0 Å². The van der Waals surface area contributed by atoms with Gasteiger partial charge < -0.3 is 20.1 Å². The lowest BCUT2D eigenvalue weighted by Crippen LogP contribution is -2.48. The Labute approximate surface area is 227 Å². The number of ether oxygens (including phenoxy) is 2. The van der Waals surface area contributed by atoms with Crippen molar-refractivity contribution >= 4 is 70.5 Å². The zero-order valence-corrected chi connectivity index (χ0v) is 24.1. The van der Waals surface area contributed by atoms with E-state index in [1.807, 2.05) is 0 Å². The minimum atomic E-state index is -3.91. The zero-order valence-electron chi connectivity index (χ0n) is 18.5. The van der Waals surface area contributed by atoms with Gasteiger partial charge in [-0.3, -0.25) is 0 Å². The molecule has 0 fully saturated rings. The SMILES string of the molecule is CNC(COC(=O)OCC(NC)NS(=O)(=O)c1ccccc1Br)NS(=O)(=O)c1ccccc1Br.Cl. The fourth-order valence-corrected chi connectivity index (χ4v) is 6.91. The van der Waals surface area contributed by atoms with Gasteiger partial charge in [0.05, 0.1) is 9.79 Å². The molecule has 0 aromatic heterocycles. The van der Waals surface area contributed by atoms with E-state index in [2.05, 4.69) is 51.9 Å². The Morgan fingerprint density at radius 3 is 1.43 bits per heavy atom. The van der Waals surface area contributed by atoms with Crippen LogP contribution in [-0.2, 0) is 29.5 Å². The molecule has 35 heavy (non-hydrogen) atoms. The maximum Gasteiger partial charge on any atom is 0.508 e. The van der Waals surface area contributed by atoms with E-state index in [-0.39, 0.29) is 35.4 Å². The lowest BCUT2D eigenvalue weighted by molar-refractivity contribution is 0.0416. The molecule has 2 aromatic carbocycles. The summed E-state index contributed by atoms with van der Waals surface area (Å²) >= 11 is 6.37. The monoisotopic (exact) mass is 678 g/mol. The summed E-state index contributed by atoms with van der Waals surface area (Å²) in [5, 5.41) is 5.37. The van der Waals surface area contributed by atoms with Gasteiger partial charge in [-0.15, -0.1) is 12.4 Å². The fraction of sp³-hybridized carbons (Fsp3) is 0.316. The maximum atomic E-state index is 12.6. The second kappa shape index (κ2) is 14.4. The van der Waals surface area contributed by atoms with Crippen molar-refractivity contribution in [2.24, 2.45) is 0 Å². The highest BCUT2D eigenvalue weighted by atomic mass is 79.9. The summed E-state index contributed by atoms with van der Waals surface area (Å²) in [6.07, 6.45) is -3.00. The molecule has 0 saturated heterocycles. The van der Waals surface area contributed by atoms with Crippen molar-refractivity contribution in [1.82, 2.24) is 20.1 Å². The van der Waals surface area contributed by atoms with E-state index >= 15 is 0 Å². The van der Waals surface area contributed by atoms with Crippen molar-refractivity contribution in [3.05, 3.63) is 57.5 Å². The quantitative estimate of drug-likeness (QED) is 0.195. The highest BCUT2D eigenvalue weighted by Crippen LogP contribution is 2.22. The molecule has 196 valence electrons. The molecule has 0 amide bonds. The molecule has 2 aromatic rings. The number of sulfonamides is 2. The fourth-order valence-electron chi connectivity index (χ4n) is 2.52. The van der Waals surface area contributed by atoms with Crippen LogP contribution in [0.2, 0.25) is 0 Å². The lowest BCUT2D eigenvalue weighted by atomic mass is 10.4. The van der Waals surface area contributed by atoms with Crippen LogP contribution >= 0.6 is 44.3 Å². The zero-order chi connectivity index (χ0) is 25.4. The van der Waals surface area contributed by atoms with Crippen LogP contribution in [-0.4, -0.2) is 62.6 Å². The molecule has 2 atom stereocenters. The first-order valence-electron chi connectivity index (χ1n) is 9.68. The van der Waals surface area contributed by atoms with Gasteiger partial charge in [-0.25, -0.2) is 21.6 Å². The van der Waals surface area contributed by atoms with Crippen LogP contribution in [0.1, 0.15) is 0 Å². The predicted molar refractivity (Wildman–Crippen MR) is 139 cm³/mol. The van der Waals surface area contributed by atoms with Crippen LogP contribution < -0.4 is 20.1 Å². The van der Waals surface area contributed by atoms with Gasteiger partial charge >= 0.3 is 6.16 Å². The van der Waals surface area contributed by atoms with Gasteiger partial charge in [0.25, 0.3) is 0 Å². The summed E-state index contributed by atoms with van der Waals surface area (Å²) in [5.41, 5.74) is 0. The third kappa shape index (κ3) is 9.59. The second-order valence-corrected chi connectivity index (χ2v) is 11.7. The molecular weight excluding hydrogens is 656 g/mol. The Morgan fingerprint density at radius 1 is 0.771 bits per heavy atom. The van der Waals surface area contributed by atoms with E-state index in [0.29, 0.717) is 8.95 Å². The number of benzene rings is 2. The topological polar surface area (TPSA) is 152 Å². The largest absolute Gasteiger partial charge is 0.508 e. The van der Waals surface area contributed by atoms with Gasteiger partial charge in [-0.1, -0.05) is 24.3 Å². The average molecular weight is 681 g/mol. The maximum absolute atomic E-state index is 12.6. The van der Waals surface area contributed by atoms with Crippen molar-refractivity contribution < 1.29 is 31.1 Å². The standard InChI is InChI=1S/C19H24Br2N4O7S2.ClH/c1-22-17(24-33(27,28)15-9-5-3-7-13(15)20)11-31-19(26)32-12-18(23-2)25-34(29,30)16-10-6-4-8-14(16)21;/h3-10,17-18,22-25H,11-12H2,1-2H3;1H. The summed E-state index contributed by atoms with van der Waals surface area (Å²) in [6.45, 7) is -0.766. The number of carbonyl (C=O) groups is 1. The third-order valence-electron chi connectivity index (χ3n) is 4.28. The van der Waals surface area contributed by atoms with E-state index in [9.17, 15) is 21.6 Å². The van der Waals surface area contributed by atoms with Crippen LogP contribution in [0.3, 0.4) is 0 Å². The number of nitrogens with one attached hydrogen (secondary N) is 4. The molecule has 0 radical (unpaired) electrons. The number of carbonyl (C=O) groups excluding carboxylic acids is 1. The molecular formula is C19H25Br2ClN4O7S2. The highest BCUT2D eigenvalue weighted by Gasteiger charge is 2.24. The number of likely N-dealkylation sites (N-methyl/N-ethyl adjacent to an activating group) is 2. The van der Waals surface area contributed by atoms with E-state index < -0.39 is 38.5 Å². The first-order valence-corrected chi connectivity index (χ1v) is 14.2. The van der Waals surface area contributed by atoms with Gasteiger partial charge in [0, 0.05) is 8.95 Å². The Bertz CT molecular complexity index is 1110. The van der Waals surface area contributed by atoms with E-state index in [0.717, 1.165) is 0 Å². The minimum Gasteiger partial charge on any atom is -0.431 e. The Morgan fingerprint density at radius 2 is 1.11 bits per heavy atom. The van der Waals surface area contributed by atoms with Crippen molar-refractivity contribution in [3.63, 3.8) is 0 Å². The number of hydrogen-bond donors (Lipinski definition) is 4. The van der Waals surface area contributed by atoms with Crippen molar-refractivity contribution in [2.45, 2.75) is 22.1 Å². The number of hydrogen-bond acceptors (Lipinski definition) is 9. The van der Waals surface area contributed by atoms with Crippen LogP contribution in [0.15, 0.2) is 67.3 Å². The van der Waals surface area contributed by atoms with Crippen LogP contribution in [0.4, 0.5) is 4.79 Å². The Hall–Kier alpha value is -1.30. The molecule has 0 heterocycles. The van der Waals surface area contributed by atoms with Crippen LogP contribution in [0.5, 0.6) is 0 Å². The molecule has 0 saturated carbocycles. The Balaban J connectivity index is 0.00000612. The molecule has 0 aliphatic carbocycles. The summed E-state index contributed by atoms with van der Waals surface area (Å²) in [7, 11) is -4.86. The number of halogens is 3. The molecule has 0 spiro atoms. The van der Waals surface area contributed by atoms with E-state index in [1.54, 1.807) is 36.4 Å². The molecule has 16 heteroatoms. The van der Waals surface area contributed by atoms with Crippen LogP contribution in [0.25, 0.3) is 0 Å². The van der Waals surface area contributed by atoms with E-state index in [1.165, 1.54) is 26.2 Å². The van der Waals surface area contributed by atoms with E-state index in [4.69, 9.17) is 9.47 Å². The molecule has 0 aliphatic rings. The van der Waals surface area contributed by atoms with Gasteiger partial charge in [-0.05, 0) is 70.2 Å². The molecule has 2 unspecified atom stereocenters. The normalized spacial score (nSPS) is 13.4. The van der Waals surface area contributed by atoms with Gasteiger partial charge in [0.2, 0.25) is 20.0 Å². The molecule has 0 aliphatic heterocycles. The lowest BCUT2D eigenvalue weighted by Gasteiger charge is -2.20. The smallest absolute Gasteiger partial charge is 0.431 e. The summed E-state index contributed by atoms with van der Waals surface area (Å²) in [4.78, 5) is 12.0. The minimum absolute atomic E-state index is 0. The van der Waals surface area contributed by atoms with Crippen molar-refractivity contribution in [1.29, 1.82) is 0 Å². The summed E-state index contributed by atoms with van der Waals surface area (Å²) in [5.74, 6) is 0. The predicted octanol–water partition coefficient (Wildman–Crippen LogP) is 2.13. The highest BCUT2D eigenvalue weighted by molar-refractivity contribution is 9.10. The first-order chi connectivity index (χ1) is 16.0. The van der Waals surface area contributed by atoms with Gasteiger partial charge in [-0.2, -0.15) is 9.44 Å². The third-order valence-corrected chi connectivity index (χ3v) is 9.25. The molecule has 2 rings (SSSR count). The van der Waals surface area contributed by atoms with Crippen molar-refractivity contribution in [2.75, 3.05) is 27.3 Å². The molecule has 11 nitrogen and oxygen atoms in total.